The number of aromatic hydroxyl groups is 1. The average molecular weight is 369 g/mol. The second-order valence-electron chi connectivity index (χ2n) is 5.75. The van der Waals surface area contributed by atoms with Crippen molar-refractivity contribution >= 4 is 13.5 Å². The normalized spacial score (nSPS) is 22.2. The molecule has 0 bridgehead atoms. The first kappa shape index (κ1) is 19.2. The average Bonchev–Trinajstić information content (AvgIpc) is 2.47. The van der Waals surface area contributed by atoms with Crippen LogP contribution in [0.25, 0.3) is 0 Å². The molecule has 0 aromatic heterocycles. The summed E-state index contributed by atoms with van der Waals surface area (Å²) >= 11 is 0. The third kappa shape index (κ3) is 4.70. The molecule has 25 heavy (non-hydrogen) atoms. The van der Waals surface area contributed by atoms with Crippen molar-refractivity contribution in [1.82, 2.24) is 0 Å². The van der Waals surface area contributed by atoms with Gasteiger partial charge in [-0.2, -0.15) is 4.76 Å². The van der Waals surface area contributed by atoms with E-state index in [4.69, 9.17) is 9.79 Å². The Hall–Kier alpha value is -2.12. The lowest BCUT2D eigenvalue weighted by atomic mass is 9.79. The smallest absolute Gasteiger partial charge is 0.448 e. The fourth-order valence-electron chi connectivity index (χ4n) is 2.90. The van der Waals surface area contributed by atoms with Crippen LogP contribution in [0.3, 0.4) is 0 Å². The minimum absolute atomic E-state index is 0.0603. The summed E-state index contributed by atoms with van der Waals surface area (Å²) in [5.74, 6) is -2.52. The van der Waals surface area contributed by atoms with Crippen LogP contribution in [0.4, 0.5) is 0 Å². The Balaban J connectivity index is 2.44. The van der Waals surface area contributed by atoms with E-state index in [1.807, 2.05) is 0 Å². The summed E-state index contributed by atoms with van der Waals surface area (Å²) in [6.45, 7) is 1.80. The quantitative estimate of drug-likeness (QED) is 0.436. The summed E-state index contributed by atoms with van der Waals surface area (Å²) in [5, 5.41) is 39.9. The van der Waals surface area contributed by atoms with Crippen LogP contribution >= 0.6 is 7.75 Å². The van der Waals surface area contributed by atoms with E-state index in [2.05, 4.69) is 4.76 Å². The van der Waals surface area contributed by atoms with Crippen molar-refractivity contribution in [2.75, 3.05) is 0 Å². The lowest BCUT2D eigenvalue weighted by molar-refractivity contribution is 0.101. The molecule has 1 aliphatic rings. The van der Waals surface area contributed by atoms with Gasteiger partial charge in [0.15, 0.2) is 0 Å². The maximum Gasteiger partial charge on any atom is 0.448 e. The zero-order valence-corrected chi connectivity index (χ0v) is 14.3. The molecule has 0 radical (unpaired) electrons. The van der Waals surface area contributed by atoms with Gasteiger partial charge in [0.05, 0.1) is 17.7 Å². The molecule has 0 saturated carbocycles. The Morgan fingerprint density at radius 2 is 1.72 bits per heavy atom. The zero-order chi connectivity index (χ0) is 18.8. The van der Waals surface area contributed by atoms with Crippen LogP contribution < -0.4 is 0 Å². The molecule has 0 amide bonds. The van der Waals surface area contributed by atoms with Crippen LogP contribution in [-0.4, -0.2) is 42.0 Å². The molecule has 3 atom stereocenters. The standard InChI is InChI=1S/C16H20NO7P/c1-2-12(9-3-5-10(18)6-4-9)16(21)15-13(17-25(22,23)24)7-11(19)8-14(15)20/h3-8,12,15-16,18-21H,2H2,1H3,(H2,22,23,24)/b17-13+. The molecule has 1 aromatic rings. The van der Waals surface area contributed by atoms with E-state index in [1.165, 1.54) is 12.1 Å². The van der Waals surface area contributed by atoms with E-state index in [9.17, 15) is 25.0 Å². The van der Waals surface area contributed by atoms with Gasteiger partial charge < -0.3 is 30.2 Å². The third-order valence-corrected chi connectivity index (χ3v) is 4.48. The van der Waals surface area contributed by atoms with Crippen molar-refractivity contribution in [2.24, 2.45) is 10.7 Å². The van der Waals surface area contributed by atoms with Gasteiger partial charge in [-0.15, -0.1) is 0 Å². The van der Waals surface area contributed by atoms with Gasteiger partial charge in [-0.3, -0.25) is 0 Å². The Morgan fingerprint density at radius 3 is 2.24 bits per heavy atom. The first-order valence-electron chi connectivity index (χ1n) is 7.56. The second-order valence-corrected chi connectivity index (χ2v) is 6.98. The van der Waals surface area contributed by atoms with Gasteiger partial charge in [0.25, 0.3) is 0 Å². The van der Waals surface area contributed by atoms with Crippen molar-refractivity contribution in [3.63, 3.8) is 0 Å². The van der Waals surface area contributed by atoms with Crippen LogP contribution in [0.15, 0.2) is 52.7 Å². The highest BCUT2D eigenvalue weighted by atomic mass is 31.2. The van der Waals surface area contributed by atoms with Gasteiger partial charge in [0, 0.05) is 18.1 Å². The van der Waals surface area contributed by atoms with Crippen LogP contribution in [0.2, 0.25) is 0 Å². The van der Waals surface area contributed by atoms with Crippen molar-refractivity contribution in [3.05, 3.63) is 53.5 Å². The van der Waals surface area contributed by atoms with Crippen molar-refractivity contribution < 1.29 is 34.8 Å². The number of hydrogen-bond acceptors (Lipinski definition) is 5. The third-order valence-electron chi connectivity index (χ3n) is 3.99. The molecular weight excluding hydrogens is 349 g/mol. The molecule has 1 aliphatic carbocycles. The summed E-state index contributed by atoms with van der Waals surface area (Å²) in [4.78, 5) is 18.2. The van der Waals surface area contributed by atoms with Gasteiger partial charge in [0.2, 0.25) is 0 Å². The minimum atomic E-state index is -4.83. The van der Waals surface area contributed by atoms with Gasteiger partial charge in [0.1, 0.15) is 17.3 Å². The summed E-state index contributed by atoms with van der Waals surface area (Å²) in [6, 6.07) is 6.14. The summed E-state index contributed by atoms with van der Waals surface area (Å²) in [5.41, 5.74) is 0.366. The summed E-state index contributed by atoms with van der Waals surface area (Å²) in [7, 11) is -4.83. The van der Waals surface area contributed by atoms with E-state index in [-0.39, 0.29) is 11.5 Å². The fourth-order valence-corrected chi connectivity index (χ4v) is 3.38. The number of allylic oxidation sites excluding steroid dienone is 2. The maximum atomic E-state index is 11.2. The molecule has 9 heteroatoms. The van der Waals surface area contributed by atoms with Crippen LogP contribution in [-0.2, 0) is 4.57 Å². The molecule has 3 unspecified atom stereocenters. The highest BCUT2D eigenvalue weighted by molar-refractivity contribution is 7.50. The monoisotopic (exact) mass is 369 g/mol. The minimum Gasteiger partial charge on any atom is -0.511 e. The van der Waals surface area contributed by atoms with Gasteiger partial charge >= 0.3 is 7.75 Å². The van der Waals surface area contributed by atoms with E-state index in [0.717, 1.165) is 12.2 Å². The number of phenols is 1. The molecule has 0 aliphatic heterocycles. The highest BCUT2D eigenvalue weighted by Gasteiger charge is 2.37. The Morgan fingerprint density at radius 1 is 1.12 bits per heavy atom. The van der Waals surface area contributed by atoms with Crippen LogP contribution in [0, 0.1) is 5.92 Å². The van der Waals surface area contributed by atoms with E-state index < -0.39 is 37.2 Å². The number of aliphatic hydroxyl groups is 3. The molecular formula is C16H20NO7P. The van der Waals surface area contributed by atoms with E-state index in [0.29, 0.717) is 12.0 Å². The van der Waals surface area contributed by atoms with Crippen molar-refractivity contribution in [2.45, 2.75) is 25.4 Å². The number of nitrogens with zero attached hydrogens (tertiary/aromatic N) is 1. The molecule has 0 saturated heterocycles. The topological polar surface area (TPSA) is 151 Å². The van der Waals surface area contributed by atoms with Gasteiger partial charge in [-0.1, -0.05) is 19.1 Å². The number of rotatable bonds is 5. The molecule has 1 aromatic carbocycles. The van der Waals surface area contributed by atoms with Gasteiger partial charge in [-0.25, -0.2) is 4.57 Å². The summed E-state index contributed by atoms with van der Waals surface area (Å²) < 4.78 is 14.5. The lowest BCUT2D eigenvalue weighted by Gasteiger charge is -2.31. The molecule has 136 valence electrons. The first-order valence-corrected chi connectivity index (χ1v) is 9.12. The van der Waals surface area contributed by atoms with Crippen molar-refractivity contribution in [3.8, 4) is 5.75 Å². The van der Waals surface area contributed by atoms with E-state index in [1.54, 1.807) is 19.1 Å². The SMILES string of the molecule is CCC(c1ccc(O)cc1)C(O)C1C(O)=CC(O)=C/C1=N\P(=O)(O)O. The molecule has 0 spiro atoms. The number of benzene rings is 1. The van der Waals surface area contributed by atoms with Crippen molar-refractivity contribution in [1.29, 1.82) is 0 Å². The molecule has 2 rings (SSSR count). The van der Waals surface area contributed by atoms with Crippen LogP contribution in [0.1, 0.15) is 24.8 Å². The second kappa shape index (κ2) is 7.41. The predicted octanol–water partition coefficient (Wildman–Crippen LogP) is 2.29. The Bertz CT molecular complexity index is 763. The van der Waals surface area contributed by atoms with Gasteiger partial charge in [-0.05, 0) is 24.1 Å². The molecule has 8 nitrogen and oxygen atoms in total. The summed E-state index contributed by atoms with van der Waals surface area (Å²) in [6.07, 6.45) is 1.18. The maximum absolute atomic E-state index is 11.2. The van der Waals surface area contributed by atoms with E-state index >= 15 is 0 Å². The largest absolute Gasteiger partial charge is 0.511 e. The number of hydrogen-bond donors (Lipinski definition) is 6. The first-order chi connectivity index (χ1) is 11.6. The fraction of sp³-hybridized carbons (Fsp3) is 0.312. The molecule has 6 N–H and O–H groups in total. The highest BCUT2D eigenvalue weighted by Crippen LogP contribution is 2.41. The van der Waals surface area contributed by atoms with Crippen LogP contribution in [0.5, 0.6) is 5.75 Å². The predicted molar refractivity (Wildman–Crippen MR) is 91.5 cm³/mol. The Kier molecular flexibility index (Phi) is 5.69. The lowest BCUT2D eigenvalue weighted by Crippen LogP contribution is -2.35. The molecule has 0 fully saturated rings. The zero-order valence-electron chi connectivity index (χ0n) is 13.4. The number of aliphatic hydroxyl groups excluding tert-OH is 3. The number of phenolic OH excluding ortho intramolecular Hbond substituents is 1. The Labute approximate surface area is 144 Å². The molecule has 0 heterocycles.